The Morgan fingerprint density at radius 3 is 2.89 bits per heavy atom. The lowest BCUT2D eigenvalue weighted by atomic mass is 9.84. The molecular formula is C14H21N3O. The number of nitrogens with zero attached hydrogens (tertiary/aromatic N) is 1. The summed E-state index contributed by atoms with van der Waals surface area (Å²) in [5, 5.41) is 3.00. The van der Waals surface area contributed by atoms with Crippen molar-refractivity contribution >= 4 is 5.91 Å². The number of carbonyl (C=O) groups is 1. The van der Waals surface area contributed by atoms with Crippen LogP contribution in [0.3, 0.4) is 0 Å². The number of rotatable bonds is 4. The SMILES string of the molecule is CC1(C(=O)NCCc2ccncc2)CCCC1N. The van der Waals surface area contributed by atoms with Crippen molar-refractivity contribution in [3.05, 3.63) is 30.1 Å². The van der Waals surface area contributed by atoms with Crippen molar-refractivity contribution in [1.29, 1.82) is 0 Å². The van der Waals surface area contributed by atoms with E-state index in [0.717, 1.165) is 25.7 Å². The van der Waals surface area contributed by atoms with Crippen LogP contribution < -0.4 is 11.1 Å². The van der Waals surface area contributed by atoms with Crippen LogP contribution in [0.5, 0.6) is 0 Å². The van der Waals surface area contributed by atoms with Crippen molar-refractivity contribution in [3.63, 3.8) is 0 Å². The minimum absolute atomic E-state index is 0.00146. The molecule has 1 fully saturated rings. The van der Waals surface area contributed by atoms with Crippen molar-refractivity contribution in [1.82, 2.24) is 10.3 Å². The summed E-state index contributed by atoms with van der Waals surface area (Å²) in [5.41, 5.74) is 6.84. The van der Waals surface area contributed by atoms with E-state index in [1.807, 2.05) is 19.1 Å². The van der Waals surface area contributed by atoms with Gasteiger partial charge in [-0.3, -0.25) is 9.78 Å². The Hall–Kier alpha value is -1.42. The van der Waals surface area contributed by atoms with Gasteiger partial charge >= 0.3 is 0 Å². The van der Waals surface area contributed by atoms with Crippen LogP contribution in [0.4, 0.5) is 0 Å². The maximum absolute atomic E-state index is 12.2. The van der Waals surface area contributed by atoms with E-state index in [1.165, 1.54) is 5.56 Å². The molecule has 1 aliphatic carbocycles. The Balaban J connectivity index is 1.82. The number of nitrogens with one attached hydrogen (secondary N) is 1. The van der Waals surface area contributed by atoms with Crippen LogP contribution in [0, 0.1) is 5.41 Å². The number of aromatic nitrogens is 1. The van der Waals surface area contributed by atoms with Gasteiger partial charge in [0.2, 0.25) is 5.91 Å². The van der Waals surface area contributed by atoms with Gasteiger partial charge < -0.3 is 11.1 Å². The van der Waals surface area contributed by atoms with Crippen LogP contribution in [0.2, 0.25) is 0 Å². The Labute approximate surface area is 108 Å². The molecule has 1 heterocycles. The highest BCUT2D eigenvalue weighted by Crippen LogP contribution is 2.36. The quantitative estimate of drug-likeness (QED) is 0.841. The minimum Gasteiger partial charge on any atom is -0.355 e. The van der Waals surface area contributed by atoms with E-state index >= 15 is 0 Å². The number of amides is 1. The highest BCUT2D eigenvalue weighted by molar-refractivity contribution is 5.83. The van der Waals surface area contributed by atoms with Crippen LogP contribution in [0.15, 0.2) is 24.5 Å². The summed E-state index contributed by atoms with van der Waals surface area (Å²) in [6, 6.07) is 3.93. The number of carbonyl (C=O) groups excluding carboxylic acids is 1. The fourth-order valence-corrected chi connectivity index (χ4v) is 2.55. The molecule has 1 aliphatic rings. The molecule has 1 aromatic rings. The first kappa shape index (κ1) is 13.0. The van der Waals surface area contributed by atoms with Crippen LogP contribution in [-0.2, 0) is 11.2 Å². The van der Waals surface area contributed by atoms with E-state index < -0.39 is 0 Å². The summed E-state index contributed by atoms with van der Waals surface area (Å²) >= 11 is 0. The molecule has 18 heavy (non-hydrogen) atoms. The van der Waals surface area contributed by atoms with Crippen molar-refractivity contribution in [2.24, 2.45) is 11.1 Å². The van der Waals surface area contributed by atoms with Gasteiger partial charge in [-0.25, -0.2) is 0 Å². The van der Waals surface area contributed by atoms with Crippen molar-refractivity contribution < 1.29 is 4.79 Å². The topological polar surface area (TPSA) is 68.0 Å². The van der Waals surface area contributed by atoms with Gasteiger partial charge in [-0.1, -0.05) is 6.42 Å². The maximum atomic E-state index is 12.2. The number of hydrogen-bond acceptors (Lipinski definition) is 3. The lowest BCUT2D eigenvalue weighted by molar-refractivity contribution is -0.130. The molecule has 2 rings (SSSR count). The van der Waals surface area contributed by atoms with Gasteiger partial charge in [0.1, 0.15) is 0 Å². The van der Waals surface area contributed by atoms with Crippen molar-refractivity contribution in [2.45, 2.75) is 38.6 Å². The molecule has 0 spiro atoms. The first-order chi connectivity index (χ1) is 8.63. The molecule has 2 atom stereocenters. The standard InChI is InChI=1S/C14H21N3O/c1-14(7-2-3-12(14)15)13(18)17-10-6-11-4-8-16-9-5-11/h4-5,8-9,12H,2-3,6-7,10,15H2,1H3,(H,17,18). The van der Waals surface area contributed by atoms with Crippen LogP contribution in [0.25, 0.3) is 0 Å². The summed E-state index contributed by atoms with van der Waals surface area (Å²) in [5.74, 6) is 0.0987. The van der Waals surface area contributed by atoms with Crippen LogP contribution in [-0.4, -0.2) is 23.5 Å². The van der Waals surface area contributed by atoms with E-state index in [2.05, 4.69) is 10.3 Å². The van der Waals surface area contributed by atoms with Crippen LogP contribution in [0.1, 0.15) is 31.7 Å². The molecular weight excluding hydrogens is 226 g/mol. The molecule has 2 unspecified atom stereocenters. The first-order valence-electron chi connectivity index (χ1n) is 6.56. The summed E-state index contributed by atoms with van der Waals surface area (Å²) in [6.45, 7) is 2.64. The van der Waals surface area contributed by atoms with Crippen molar-refractivity contribution in [3.8, 4) is 0 Å². The Morgan fingerprint density at radius 2 is 2.28 bits per heavy atom. The van der Waals surface area contributed by atoms with Gasteiger partial charge in [0.15, 0.2) is 0 Å². The zero-order valence-corrected chi connectivity index (χ0v) is 10.9. The Bertz CT molecular complexity index is 407. The third-order valence-corrected chi connectivity index (χ3v) is 4.00. The van der Waals surface area contributed by atoms with Gasteiger partial charge in [0, 0.05) is 25.0 Å². The molecule has 98 valence electrons. The highest BCUT2D eigenvalue weighted by Gasteiger charge is 2.42. The third-order valence-electron chi connectivity index (χ3n) is 4.00. The molecule has 4 nitrogen and oxygen atoms in total. The second kappa shape index (κ2) is 5.48. The van der Waals surface area contributed by atoms with Gasteiger partial charge in [0.25, 0.3) is 0 Å². The predicted octanol–water partition coefficient (Wildman–Crippen LogP) is 1.26. The lowest BCUT2D eigenvalue weighted by Crippen LogP contribution is -2.47. The lowest BCUT2D eigenvalue weighted by Gasteiger charge is -2.27. The number of pyridine rings is 1. The van der Waals surface area contributed by atoms with Gasteiger partial charge in [-0.2, -0.15) is 0 Å². The second-order valence-electron chi connectivity index (χ2n) is 5.28. The number of nitrogens with two attached hydrogens (primary N) is 1. The molecule has 0 saturated heterocycles. The van der Waals surface area contributed by atoms with Crippen molar-refractivity contribution in [2.75, 3.05) is 6.54 Å². The summed E-state index contributed by atoms with van der Waals surface area (Å²) < 4.78 is 0. The van der Waals surface area contributed by atoms with E-state index in [9.17, 15) is 4.79 Å². The predicted molar refractivity (Wildman–Crippen MR) is 70.9 cm³/mol. The molecule has 0 radical (unpaired) electrons. The largest absolute Gasteiger partial charge is 0.355 e. The Kier molecular flexibility index (Phi) is 3.97. The van der Waals surface area contributed by atoms with Gasteiger partial charge in [-0.15, -0.1) is 0 Å². The molecule has 1 aromatic heterocycles. The third kappa shape index (κ3) is 2.70. The minimum atomic E-state index is -0.377. The smallest absolute Gasteiger partial charge is 0.227 e. The molecule has 0 aromatic carbocycles. The summed E-state index contributed by atoms with van der Waals surface area (Å²) in [6.07, 6.45) is 7.27. The average molecular weight is 247 g/mol. The molecule has 1 saturated carbocycles. The van der Waals surface area contributed by atoms with E-state index in [1.54, 1.807) is 12.4 Å². The van der Waals surface area contributed by atoms with Gasteiger partial charge in [-0.05, 0) is 43.9 Å². The van der Waals surface area contributed by atoms with Gasteiger partial charge in [0.05, 0.1) is 5.41 Å². The summed E-state index contributed by atoms with van der Waals surface area (Å²) in [4.78, 5) is 16.1. The van der Waals surface area contributed by atoms with E-state index in [0.29, 0.717) is 6.54 Å². The zero-order chi connectivity index (χ0) is 13.0. The molecule has 3 N–H and O–H groups in total. The molecule has 0 bridgehead atoms. The molecule has 1 amide bonds. The van der Waals surface area contributed by atoms with E-state index in [4.69, 9.17) is 5.73 Å². The monoisotopic (exact) mass is 247 g/mol. The number of hydrogen-bond donors (Lipinski definition) is 2. The van der Waals surface area contributed by atoms with Crippen LogP contribution >= 0.6 is 0 Å². The zero-order valence-electron chi connectivity index (χ0n) is 10.9. The molecule has 0 aliphatic heterocycles. The first-order valence-corrected chi connectivity index (χ1v) is 6.56. The maximum Gasteiger partial charge on any atom is 0.227 e. The average Bonchev–Trinajstić information content (AvgIpc) is 2.72. The fraction of sp³-hybridized carbons (Fsp3) is 0.571. The second-order valence-corrected chi connectivity index (χ2v) is 5.28. The normalized spacial score (nSPS) is 27.1. The highest BCUT2D eigenvalue weighted by atomic mass is 16.2. The van der Waals surface area contributed by atoms with E-state index in [-0.39, 0.29) is 17.4 Å². The molecule has 4 heteroatoms. The Morgan fingerprint density at radius 1 is 1.56 bits per heavy atom. The fourth-order valence-electron chi connectivity index (χ4n) is 2.55. The summed E-state index contributed by atoms with van der Waals surface area (Å²) in [7, 11) is 0.